The van der Waals surface area contributed by atoms with Crippen LogP contribution in [0.5, 0.6) is 0 Å². The Labute approximate surface area is 192 Å². The summed E-state index contributed by atoms with van der Waals surface area (Å²) in [5, 5.41) is 0.519. The first-order valence-electron chi connectivity index (χ1n) is 11.1. The lowest BCUT2D eigenvalue weighted by Gasteiger charge is -2.31. The third-order valence-corrected chi connectivity index (χ3v) is 5.82. The molecule has 0 fully saturated rings. The number of para-hydroxylation sites is 1. The predicted octanol–water partition coefficient (Wildman–Crippen LogP) is 5.45. The number of benzene rings is 3. The van der Waals surface area contributed by atoms with Crippen LogP contribution in [-0.4, -0.2) is 26.9 Å². The molecule has 0 aliphatic rings. The molecule has 5 nitrogen and oxygen atoms in total. The molecule has 1 aromatic heterocycles. The Morgan fingerprint density at radius 2 is 1.76 bits per heavy atom. The predicted molar refractivity (Wildman–Crippen MR) is 128 cm³/mol. The van der Waals surface area contributed by atoms with Gasteiger partial charge in [0.1, 0.15) is 11.6 Å². The van der Waals surface area contributed by atoms with Crippen LogP contribution in [0.1, 0.15) is 48.1 Å². The number of fused-ring (bicyclic) bond motifs is 1. The van der Waals surface area contributed by atoms with Gasteiger partial charge in [-0.15, -0.1) is 0 Å². The normalized spacial score (nSPS) is 12.0. The average Bonchev–Trinajstić information content (AvgIpc) is 2.82. The highest BCUT2D eigenvalue weighted by Gasteiger charge is 2.28. The second-order valence-corrected chi connectivity index (χ2v) is 7.99. The first kappa shape index (κ1) is 22.4. The number of hydrogen-bond acceptors (Lipinski definition) is 3. The molecule has 0 N–H and O–H groups in total. The second-order valence-electron chi connectivity index (χ2n) is 7.99. The van der Waals surface area contributed by atoms with Gasteiger partial charge in [-0.25, -0.2) is 9.37 Å². The van der Waals surface area contributed by atoms with Crippen LogP contribution in [0, 0.1) is 12.7 Å². The molecule has 1 unspecified atom stereocenters. The first-order chi connectivity index (χ1) is 15.9. The number of aryl methyl sites for hydroxylation is 1. The summed E-state index contributed by atoms with van der Waals surface area (Å²) in [5.74, 6) is -0.127. The van der Waals surface area contributed by atoms with E-state index in [9.17, 15) is 14.0 Å². The maximum absolute atomic E-state index is 13.6. The molecule has 0 radical (unpaired) electrons. The topological polar surface area (TPSA) is 55.2 Å². The molecule has 0 saturated heterocycles. The largest absolute Gasteiger partial charge is 0.329 e. The molecule has 168 valence electrons. The molecule has 33 heavy (non-hydrogen) atoms. The quantitative estimate of drug-likeness (QED) is 0.398. The number of carbonyl (C=O) groups excluding carboxylic acids is 1. The van der Waals surface area contributed by atoms with Crippen LogP contribution in [0.3, 0.4) is 0 Å². The summed E-state index contributed by atoms with van der Waals surface area (Å²) in [4.78, 5) is 33.6. The molecule has 0 bridgehead atoms. The van der Waals surface area contributed by atoms with Crippen LogP contribution < -0.4 is 5.56 Å². The molecule has 1 amide bonds. The summed E-state index contributed by atoms with van der Waals surface area (Å²) in [6, 6.07) is 20.0. The highest BCUT2D eigenvalue weighted by atomic mass is 19.1. The highest BCUT2D eigenvalue weighted by molar-refractivity contribution is 5.94. The molecule has 1 atom stereocenters. The molecule has 1 heterocycles. The molecule has 0 saturated carbocycles. The third kappa shape index (κ3) is 4.29. The van der Waals surface area contributed by atoms with Gasteiger partial charge in [0.15, 0.2) is 0 Å². The van der Waals surface area contributed by atoms with Gasteiger partial charge in [-0.05, 0) is 74.4 Å². The minimum atomic E-state index is -0.453. The van der Waals surface area contributed by atoms with Crippen molar-refractivity contribution >= 4 is 16.8 Å². The summed E-state index contributed by atoms with van der Waals surface area (Å²) in [7, 11) is 0. The number of nitrogens with zero attached hydrogens (tertiary/aromatic N) is 3. The van der Waals surface area contributed by atoms with Gasteiger partial charge >= 0.3 is 0 Å². The summed E-state index contributed by atoms with van der Waals surface area (Å²) in [5.41, 5.74) is 2.52. The van der Waals surface area contributed by atoms with E-state index in [4.69, 9.17) is 4.98 Å². The molecule has 4 rings (SSSR count). The fourth-order valence-corrected chi connectivity index (χ4v) is 4.20. The van der Waals surface area contributed by atoms with Crippen molar-refractivity contribution < 1.29 is 9.18 Å². The molecule has 4 aromatic rings. The van der Waals surface area contributed by atoms with Gasteiger partial charge in [0.05, 0.1) is 22.6 Å². The van der Waals surface area contributed by atoms with E-state index in [0.717, 1.165) is 5.56 Å². The van der Waals surface area contributed by atoms with Crippen molar-refractivity contribution in [2.24, 2.45) is 0 Å². The number of carbonyl (C=O) groups is 1. The van der Waals surface area contributed by atoms with Gasteiger partial charge < -0.3 is 4.90 Å². The van der Waals surface area contributed by atoms with E-state index in [-0.39, 0.29) is 11.5 Å². The van der Waals surface area contributed by atoms with Gasteiger partial charge in [-0.1, -0.05) is 31.2 Å². The smallest absolute Gasteiger partial charge is 0.266 e. The maximum Gasteiger partial charge on any atom is 0.266 e. The number of hydrogen-bond donors (Lipinski definition) is 0. The van der Waals surface area contributed by atoms with Crippen molar-refractivity contribution in [1.82, 2.24) is 14.5 Å². The molecule has 3 aromatic carbocycles. The molecular weight excluding hydrogens is 417 g/mol. The first-order valence-corrected chi connectivity index (χ1v) is 11.1. The molecule has 0 aliphatic carbocycles. The SMILES string of the molecule is CCC(c1nc2ccccc2c(=O)n1-c1cccc(C)c1)N(CC)C(=O)c1ccc(F)cc1. The van der Waals surface area contributed by atoms with Crippen LogP contribution in [0.15, 0.2) is 77.6 Å². The van der Waals surface area contributed by atoms with E-state index in [2.05, 4.69) is 0 Å². The zero-order valence-corrected chi connectivity index (χ0v) is 19.0. The Bertz CT molecular complexity index is 1360. The van der Waals surface area contributed by atoms with Crippen LogP contribution in [-0.2, 0) is 0 Å². The number of aromatic nitrogens is 2. The van der Waals surface area contributed by atoms with Crippen molar-refractivity contribution in [3.63, 3.8) is 0 Å². The number of rotatable bonds is 6. The van der Waals surface area contributed by atoms with Gasteiger partial charge in [0, 0.05) is 12.1 Å². The van der Waals surface area contributed by atoms with Crippen LogP contribution >= 0.6 is 0 Å². The molecule has 6 heteroatoms. The van der Waals surface area contributed by atoms with E-state index < -0.39 is 11.9 Å². The van der Waals surface area contributed by atoms with Crippen LogP contribution in [0.2, 0.25) is 0 Å². The zero-order valence-electron chi connectivity index (χ0n) is 19.0. The Hall–Kier alpha value is -3.80. The minimum Gasteiger partial charge on any atom is -0.329 e. The monoisotopic (exact) mass is 443 g/mol. The van der Waals surface area contributed by atoms with E-state index >= 15 is 0 Å². The standard InChI is InChI=1S/C27H26FN3O2/c1-4-24(30(5-2)26(32)19-13-15-20(28)16-14-19)25-29-23-12-7-6-11-22(23)27(33)31(25)21-10-8-9-18(3)17-21/h6-17,24H,4-5H2,1-3H3. The number of halogens is 1. The highest BCUT2D eigenvalue weighted by Crippen LogP contribution is 2.27. The number of amides is 1. The molecule has 0 aliphatic heterocycles. The van der Waals surface area contributed by atoms with Gasteiger partial charge in [-0.2, -0.15) is 0 Å². The van der Waals surface area contributed by atoms with E-state index in [1.807, 2.05) is 63.2 Å². The van der Waals surface area contributed by atoms with Crippen molar-refractivity contribution in [2.45, 2.75) is 33.2 Å². The van der Waals surface area contributed by atoms with Crippen molar-refractivity contribution in [2.75, 3.05) is 6.54 Å². The second kappa shape index (κ2) is 9.36. The minimum absolute atomic E-state index is 0.176. The van der Waals surface area contributed by atoms with Gasteiger partial charge in [-0.3, -0.25) is 14.2 Å². The maximum atomic E-state index is 13.6. The van der Waals surface area contributed by atoms with Crippen LogP contribution in [0.4, 0.5) is 4.39 Å². The fraction of sp³-hybridized carbons (Fsp3) is 0.222. The summed E-state index contributed by atoms with van der Waals surface area (Å²) in [6.07, 6.45) is 0.553. The third-order valence-electron chi connectivity index (χ3n) is 5.82. The molecular formula is C27H26FN3O2. The van der Waals surface area contributed by atoms with Crippen molar-refractivity contribution in [1.29, 1.82) is 0 Å². The summed E-state index contributed by atoms with van der Waals surface area (Å²) >= 11 is 0. The van der Waals surface area contributed by atoms with Crippen molar-refractivity contribution in [3.8, 4) is 5.69 Å². The fourth-order valence-electron chi connectivity index (χ4n) is 4.20. The van der Waals surface area contributed by atoms with Gasteiger partial charge in [0.25, 0.3) is 11.5 Å². The Kier molecular flexibility index (Phi) is 6.36. The average molecular weight is 444 g/mol. The van der Waals surface area contributed by atoms with E-state index in [1.165, 1.54) is 24.3 Å². The van der Waals surface area contributed by atoms with E-state index in [0.29, 0.717) is 40.9 Å². The Morgan fingerprint density at radius 1 is 1.03 bits per heavy atom. The summed E-state index contributed by atoms with van der Waals surface area (Å²) in [6.45, 7) is 6.23. The van der Waals surface area contributed by atoms with Gasteiger partial charge in [0.2, 0.25) is 0 Å². The zero-order chi connectivity index (χ0) is 23.5. The Balaban J connectivity index is 1.93. The van der Waals surface area contributed by atoms with Crippen molar-refractivity contribution in [3.05, 3.63) is 106 Å². The lowest BCUT2D eigenvalue weighted by molar-refractivity contribution is 0.0672. The lowest BCUT2D eigenvalue weighted by atomic mass is 10.1. The molecule has 0 spiro atoms. The Morgan fingerprint density at radius 3 is 2.42 bits per heavy atom. The lowest BCUT2D eigenvalue weighted by Crippen LogP contribution is -2.38. The van der Waals surface area contributed by atoms with Crippen LogP contribution in [0.25, 0.3) is 16.6 Å². The van der Waals surface area contributed by atoms with E-state index in [1.54, 1.807) is 15.5 Å². The summed E-state index contributed by atoms with van der Waals surface area (Å²) < 4.78 is 15.0.